The van der Waals surface area contributed by atoms with Crippen LogP contribution in [-0.4, -0.2) is 16.5 Å². The van der Waals surface area contributed by atoms with Crippen LogP contribution in [0.2, 0.25) is 0 Å². The van der Waals surface area contributed by atoms with E-state index < -0.39 is 5.60 Å². The molecule has 3 rings (SSSR count). The number of hydrogen-bond acceptors (Lipinski definition) is 3. The van der Waals surface area contributed by atoms with Crippen molar-refractivity contribution in [3.8, 4) is 17.0 Å². The van der Waals surface area contributed by atoms with E-state index in [-0.39, 0.29) is 5.91 Å². The molecule has 4 heteroatoms. The van der Waals surface area contributed by atoms with E-state index >= 15 is 0 Å². The van der Waals surface area contributed by atoms with Gasteiger partial charge >= 0.3 is 0 Å². The zero-order valence-corrected chi connectivity index (χ0v) is 15.4. The highest BCUT2D eigenvalue weighted by Crippen LogP contribution is 2.39. The van der Waals surface area contributed by atoms with Gasteiger partial charge in [0.15, 0.2) is 5.60 Å². The summed E-state index contributed by atoms with van der Waals surface area (Å²) in [6.07, 6.45) is 0. The molecule has 0 saturated heterocycles. The number of benzene rings is 1. The summed E-state index contributed by atoms with van der Waals surface area (Å²) >= 11 is 0. The number of nitrogens with zero attached hydrogens (tertiary/aromatic N) is 1. The molecule has 1 aromatic heterocycles. The monoisotopic (exact) mass is 324 g/mol. The number of aryl methyl sites for hydroxylation is 2. The molecule has 1 N–H and O–H groups in total. The van der Waals surface area contributed by atoms with Gasteiger partial charge in [0.1, 0.15) is 5.75 Å². The number of rotatable bonds is 1. The third kappa shape index (κ3) is 2.46. The minimum atomic E-state index is -0.855. The molecule has 0 unspecified atom stereocenters. The van der Waals surface area contributed by atoms with Gasteiger partial charge in [0.25, 0.3) is 5.91 Å². The second-order valence-corrected chi connectivity index (χ2v) is 7.15. The average molecular weight is 324 g/mol. The molecular formula is C20H24N2O2. The molecule has 1 aliphatic heterocycles. The number of aromatic nitrogens is 1. The Bertz CT molecular complexity index is 867. The molecule has 0 radical (unpaired) electrons. The maximum Gasteiger partial charge on any atom is 0.268 e. The van der Waals surface area contributed by atoms with Gasteiger partial charge in [-0.25, -0.2) is 0 Å². The normalized spacial score (nSPS) is 15.5. The standard InChI is InChI=1S/C20H24N2O2/c1-10-8-17-16(22-19(23)20(6,7)24-17)9-15(10)18-13(4)11(2)12(3)14(5)21-18/h8-9H,1-7H3,(H,22,23). The first-order chi connectivity index (χ1) is 11.1. The van der Waals surface area contributed by atoms with Crippen LogP contribution in [0.25, 0.3) is 11.3 Å². The van der Waals surface area contributed by atoms with E-state index in [4.69, 9.17) is 9.72 Å². The minimum absolute atomic E-state index is 0.134. The lowest BCUT2D eigenvalue weighted by Crippen LogP contribution is -2.45. The van der Waals surface area contributed by atoms with Gasteiger partial charge in [-0.15, -0.1) is 0 Å². The number of pyridine rings is 1. The highest BCUT2D eigenvalue weighted by Gasteiger charge is 2.35. The molecule has 24 heavy (non-hydrogen) atoms. The minimum Gasteiger partial charge on any atom is -0.476 e. The fraction of sp³-hybridized carbons (Fsp3) is 0.400. The third-order valence-electron chi connectivity index (χ3n) is 5.04. The molecule has 4 nitrogen and oxygen atoms in total. The van der Waals surface area contributed by atoms with Crippen LogP contribution in [0.5, 0.6) is 5.75 Å². The second kappa shape index (κ2) is 5.33. The Hall–Kier alpha value is -2.36. The topological polar surface area (TPSA) is 51.2 Å². The number of fused-ring (bicyclic) bond motifs is 1. The Morgan fingerprint density at radius 1 is 1.00 bits per heavy atom. The summed E-state index contributed by atoms with van der Waals surface area (Å²) in [6, 6.07) is 3.96. The Balaban J connectivity index is 2.19. The van der Waals surface area contributed by atoms with E-state index in [2.05, 4.69) is 26.1 Å². The Morgan fingerprint density at radius 3 is 2.33 bits per heavy atom. The Labute approximate surface area is 143 Å². The van der Waals surface area contributed by atoms with Crippen LogP contribution in [0.1, 0.15) is 41.8 Å². The smallest absolute Gasteiger partial charge is 0.268 e. The lowest BCUT2D eigenvalue weighted by atomic mass is 9.94. The van der Waals surface area contributed by atoms with Gasteiger partial charge in [-0.1, -0.05) is 0 Å². The number of ether oxygens (including phenoxy) is 1. The van der Waals surface area contributed by atoms with Crippen molar-refractivity contribution in [3.05, 3.63) is 40.1 Å². The summed E-state index contributed by atoms with van der Waals surface area (Å²) in [5.41, 5.74) is 7.62. The molecular weight excluding hydrogens is 300 g/mol. The molecule has 126 valence electrons. The SMILES string of the molecule is Cc1cc2c(cc1-c1nc(C)c(C)c(C)c1C)NC(=O)C(C)(C)O2. The number of hydrogen-bond donors (Lipinski definition) is 1. The molecule has 2 heterocycles. The van der Waals surface area contributed by atoms with Crippen LogP contribution in [0, 0.1) is 34.6 Å². The Morgan fingerprint density at radius 2 is 1.67 bits per heavy atom. The van der Waals surface area contributed by atoms with Gasteiger partial charge < -0.3 is 10.1 Å². The van der Waals surface area contributed by atoms with Crippen molar-refractivity contribution < 1.29 is 9.53 Å². The van der Waals surface area contributed by atoms with Crippen molar-refractivity contribution in [1.29, 1.82) is 0 Å². The van der Waals surface area contributed by atoms with Crippen LogP contribution < -0.4 is 10.1 Å². The fourth-order valence-corrected chi connectivity index (χ4v) is 3.04. The molecule has 0 aliphatic carbocycles. The van der Waals surface area contributed by atoms with E-state index in [1.807, 2.05) is 26.0 Å². The van der Waals surface area contributed by atoms with Crippen LogP contribution in [0.3, 0.4) is 0 Å². The van der Waals surface area contributed by atoms with Gasteiger partial charge in [-0.3, -0.25) is 9.78 Å². The van der Waals surface area contributed by atoms with Crippen molar-refractivity contribution >= 4 is 11.6 Å². The van der Waals surface area contributed by atoms with Crippen LogP contribution in [-0.2, 0) is 4.79 Å². The van der Waals surface area contributed by atoms with Gasteiger partial charge in [0.05, 0.1) is 11.4 Å². The number of carbonyl (C=O) groups is 1. The largest absolute Gasteiger partial charge is 0.476 e. The quantitative estimate of drug-likeness (QED) is 0.846. The molecule has 1 aromatic carbocycles. The Kier molecular flexibility index (Phi) is 3.67. The molecule has 1 aliphatic rings. The van der Waals surface area contributed by atoms with Crippen molar-refractivity contribution in [1.82, 2.24) is 4.98 Å². The third-order valence-corrected chi connectivity index (χ3v) is 5.04. The summed E-state index contributed by atoms with van der Waals surface area (Å²) in [5.74, 6) is 0.574. The van der Waals surface area contributed by atoms with Gasteiger partial charge in [-0.05, 0) is 82.9 Å². The van der Waals surface area contributed by atoms with E-state index in [1.54, 1.807) is 13.8 Å². The van der Waals surface area contributed by atoms with E-state index in [0.717, 1.165) is 22.5 Å². The van der Waals surface area contributed by atoms with Gasteiger partial charge in [-0.2, -0.15) is 0 Å². The van der Waals surface area contributed by atoms with Gasteiger partial charge in [0, 0.05) is 11.3 Å². The lowest BCUT2D eigenvalue weighted by Gasteiger charge is -2.32. The number of carbonyl (C=O) groups excluding carboxylic acids is 1. The zero-order valence-electron chi connectivity index (χ0n) is 15.4. The summed E-state index contributed by atoms with van der Waals surface area (Å²) < 4.78 is 5.87. The van der Waals surface area contributed by atoms with E-state index in [9.17, 15) is 4.79 Å². The highest BCUT2D eigenvalue weighted by molar-refractivity contribution is 6.01. The van der Waals surface area contributed by atoms with Gasteiger partial charge in [0.2, 0.25) is 0 Å². The number of amides is 1. The van der Waals surface area contributed by atoms with Crippen molar-refractivity contribution in [2.75, 3.05) is 5.32 Å². The van der Waals surface area contributed by atoms with E-state index in [0.29, 0.717) is 11.4 Å². The predicted molar refractivity (Wildman–Crippen MR) is 96.7 cm³/mol. The van der Waals surface area contributed by atoms with Crippen molar-refractivity contribution in [2.45, 2.75) is 54.1 Å². The maximum absolute atomic E-state index is 12.2. The molecule has 0 atom stereocenters. The van der Waals surface area contributed by atoms with E-state index in [1.165, 1.54) is 16.7 Å². The second-order valence-electron chi connectivity index (χ2n) is 7.15. The van der Waals surface area contributed by atoms with Crippen LogP contribution in [0.4, 0.5) is 5.69 Å². The molecule has 0 bridgehead atoms. The average Bonchev–Trinajstić information content (AvgIpc) is 2.50. The predicted octanol–water partition coefficient (Wildman–Crippen LogP) is 4.40. The van der Waals surface area contributed by atoms with Crippen molar-refractivity contribution in [2.24, 2.45) is 0 Å². The summed E-state index contributed by atoms with van der Waals surface area (Å²) in [6.45, 7) is 14.0. The molecule has 0 spiro atoms. The zero-order chi connectivity index (χ0) is 17.8. The number of nitrogens with one attached hydrogen (secondary N) is 1. The summed E-state index contributed by atoms with van der Waals surface area (Å²) in [7, 11) is 0. The first kappa shape index (κ1) is 16.5. The summed E-state index contributed by atoms with van der Waals surface area (Å²) in [5, 5.41) is 2.96. The van der Waals surface area contributed by atoms with Crippen molar-refractivity contribution in [3.63, 3.8) is 0 Å². The summed E-state index contributed by atoms with van der Waals surface area (Å²) in [4.78, 5) is 17.0. The first-order valence-electron chi connectivity index (χ1n) is 8.21. The number of anilines is 1. The molecule has 0 saturated carbocycles. The maximum atomic E-state index is 12.2. The molecule has 2 aromatic rings. The molecule has 1 amide bonds. The first-order valence-corrected chi connectivity index (χ1v) is 8.21. The highest BCUT2D eigenvalue weighted by atomic mass is 16.5. The fourth-order valence-electron chi connectivity index (χ4n) is 3.04. The lowest BCUT2D eigenvalue weighted by molar-refractivity contribution is -0.129. The van der Waals surface area contributed by atoms with Crippen LogP contribution in [0.15, 0.2) is 12.1 Å². The van der Waals surface area contributed by atoms with Crippen LogP contribution >= 0.6 is 0 Å². The molecule has 0 fully saturated rings.